The predicted molar refractivity (Wildman–Crippen MR) is 128 cm³/mol. The molecule has 0 radical (unpaired) electrons. The number of allylic oxidation sites excluding steroid dienone is 3. The molecule has 6 nitrogen and oxygen atoms in total. The minimum atomic E-state index is 0.387. The van der Waals surface area contributed by atoms with Gasteiger partial charge in [0.25, 0.3) is 0 Å². The lowest BCUT2D eigenvalue weighted by atomic mass is 10.1. The van der Waals surface area contributed by atoms with E-state index in [1.807, 2.05) is 43.3 Å². The second-order valence-corrected chi connectivity index (χ2v) is 7.40. The Labute approximate surface area is 195 Å². The lowest BCUT2D eigenvalue weighted by Crippen LogP contribution is -2.15. The van der Waals surface area contributed by atoms with Gasteiger partial charge in [-0.2, -0.15) is 0 Å². The Balaban J connectivity index is 1.82. The van der Waals surface area contributed by atoms with Gasteiger partial charge in [-0.15, -0.1) is 0 Å². The molecule has 0 spiro atoms. The first-order valence-corrected chi connectivity index (χ1v) is 10.6. The lowest BCUT2D eigenvalue weighted by Gasteiger charge is -2.13. The molecule has 2 rings (SSSR count). The Morgan fingerprint density at radius 2 is 1.84 bits per heavy atom. The van der Waals surface area contributed by atoms with Crippen molar-refractivity contribution in [1.82, 2.24) is 10.3 Å². The van der Waals surface area contributed by atoms with Crippen molar-refractivity contribution in [2.75, 3.05) is 27.9 Å². The summed E-state index contributed by atoms with van der Waals surface area (Å²) in [6.07, 6.45) is 6.31. The highest BCUT2D eigenvalue weighted by Crippen LogP contribution is 2.29. The molecular formula is C25H31ClN2O4. The summed E-state index contributed by atoms with van der Waals surface area (Å²) >= 11 is 5.82. The van der Waals surface area contributed by atoms with Crippen LogP contribution >= 0.6 is 11.6 Å². The maximum atomic E-state index is 5.88. The Morgan fingerprint density at radius 3 is 2.50 bits per heavy atom. The maximum Gasteiger partial charge on any atom is 0.161 e. The molecule has 1 N–H and O–H groups in total. The fraction of sp³-hybridized carbons (Fsp3) is 0.320. The predicted octanol–water partition coefficient (Wildman–Crippen LogP) is 5.44. The lowest BCUT2D eigenvalue weighted by molar-refractivity contribution is 0.232. The van der Waals surface area contributed by atoms with Crippen LogP contribution in [0.1, 0.15) is 24.5 Å². The molecule has 0 bridgehead atoms. The monoisotopic (exact) mass is 458 g/mol. The average Bonchev–Trinajstić information content (AvgIpc) is 2.81. The number of halogens is 1. The van der Waals surface area contributed by atoms with E-state index >= 15 is 0 Å². The molecule has 0 saturated carbocycles. The Morgan fingerprint density at radius 1 is 1.06 bits per heavy atom. The van der Waals surface area contributed by atoms with Gasteiger partial charge in [-0.1, -0.05) is 42.0 Å². The fourth-order valence-electron chi connectivity index (χ4n) is 2.78. The van der Waals surface area contributed by atoms with Gasteiger partial charge < -0.3 is 24.3 Å². The summed E-state index contributed by atoms with van der Waals surface area (Å²) in [4.78, 5) is 4.06. The minimum absolute atomic E-state index is 0.387. The van der Waals surface area contributed by atoms with Gasteiger partial charge in [-0.25, -0.2) is 4.98 Å². The molecule has 1 heterocycles. The van der Waals surface area contributed by atoms with E-state index in [0.717, 1.165) is 35.4 Å². The number of hydrogen-bond donors (Lipinski definition) is 1. The van der Waals surface area contributed by atoms with Crippen molar-refractivity contribution >= 4 is 11.6 Å². The van der Waals surface area contributed by atoms with Gasteiger partial charge in [0.05, 0.1) is 21.3 Å². The van der Waals surface area contributed by atoms with Crippen LogP contribution in [0, 0.1) is 0 Å². The van der Waals surface area contributed by atoms with Crippen molar-refractivity contribution in [2.45, 2.75) is 26.5 Å². The topological polar surface area (TPSA) is 61.8 Å². The molecule has 7 heteroatoms. The van der Waals surface area contributed by atoms with E-state index in [0.29, 0.717) is 35.6 Å². The number of benzene rings is 1. The van der Waals surface area contributed by atoms with E-state index in [1.54, 1.807) is 33.6 Å². The standard InChI is InChI=1S/C25H31ClN2O4/c1-18(6-9-22(30-4)19(2)29-3)12-13-27-15-20-7-10-23(24(14-20)31-5)32-17-21-8-11-25(26)28-16-21/h6-11,14,16,27H,1,12-13,15,17H2,2-5H3/b9-6-,22-19-. The first-order chi connectivity index (χ1) is 15.5. The van der Waals surface area contributed by atoms with Crippen molar-refractivity contribution in [3.63, 3.8) is 0 Å². The molecule has 1 aromatic heterocycles. The smallest absolute Gasteiger partial charge is 0.161 e. The van der Waals surface area contributed by atoms with Crippen LogP contribution in [0.4, 0.5) is 0 Å². The summed E-state index contributed by atoms with van der Waals surface area (Å²) in [5, 5.41) is 3.88. The highest BCUT2D eigenvalue weighted by Gasteiger charge is 2.07. The van der Waals surface area contributed by atoms with Crippen LogP contribution in [-0.4, -0.2) is 32.9 Å². The Hall–Kier alpha value is -2.96. The highest BCUT2D eigenvalue weighted by molar-refractivity contribution is 6.29. The molecule has 0 atom stereocenters. The number of aromatic nitrogens is 1. The molecule has 0 unspecified atom stereocenters. The van der Waals surface area contributed by atoms with Gasteiger partial charge in [0.15, 0.2) is 17.3 Å². The number of ether oxygens (including phenoxy) is 4. The Kier molecular flexibility index (Phi) is 10.6. The van der Waals surface area contributed by atoms with Crippen LogP contribution in [0.3, 0.4) is 0 Å². The second kappa shape index (κ2) is 13.5. The van der Waals surface area contributed by atoms with Gasteiger partial charge >= 0.3 is 0 Å². The summed E-state index contributed by atoms with van der Waals surface area (Å²) in [7, 11) is 4.87. The summed E-state index contributed by atoms with van der Waals surface area (Å²) in [6, 6.07) is 9.53. The quantitative estimate of drug-likeness (QED) is 0.187. The molecule has 172 valence electrons. The van der Waals surface area contributed by atoms with Crippen molar-refractivity contribution < 1.29 is 18.9 Å². The van der Waals surface area contributed by atoms with Crippen molar-refractivity contribution in [1.29, 1.82) is 0 Å². The molecular weight excluding hydrogens is 428 g/mol. The van der Waals surface area contributed by atoms with Crippen LogP contribution in [0.5, 0.6) is 11.5 Å². The number of pyridine rings is 1. The number of nitrogens with zero attached hydrogens (tertiary/aromatic N) is 1. The summed E-state index contributed by atoms with van der Waals surface area (Å²) in [6.45, 7) is 7.83. The minimum Gasteiger partial charge on any atom is -0.498 e. The van der Waals surface area contributed by atoms with Crippen molar-refractivity contribution in [2.24, 2.45) is 0 Å². The Bertz CT molecular complexity index is 939. The van der Waals surface area contributed by atoms with E-state index in [2.05, 4.69) is 16.9 Å². The van der Waals surface area contributed by atoms with Crippen LogP contribution in [-0.2, 0) is 22.6 Å². The largest absolute Gasteiger partial charge is 0.498 e. The molecule has 0 amide bonds. The van der Waals surface area contributed by atoms with Crippen LogP contribution < -0.4 is 14.8 Å². The van der Waals surface area contributed by atoms with Crippen LogP contribution in [0.15, 0.2) is 72.4 Å². The van der Waals surface area contributed by atoms with Crippen LogP contribution in [0.25, 0.3) is 0 Å². The normalized spacial score (nSPS) is 11.8. The summed E-state index contributed by atoms with van der Waals surface area (Å²) in [5.74, 6) is 2.77. The van der Waals surface area contributed by atoms with Gasteiger partial charge in [0, 0.05) is 18.3 Å². The zero-order chi connectivity index (χ0) is 23.3. The van der Waals surface area contributed by atoms with Gasteiger partial charge in [0.1, 0.15) is 17.5 Å². The first kappa shape index (κ1) is 25.3. The maximum absolute atomic E-state index is 5.88. The molecule has 0 aliphatic rings. The van der Waals surface area contributed by atoms with Crippen LogP contribution in [0.2, 0.25) is 5.15 Å². The molecule has 0 fully saturated rings. The third-order valence-corrected chi connectivity index (χ3v) is 4.93. The summed E-state index contributed by atoms with van der Waals surface area (Å²) in [5.41, 5.74) is 3.03. The van der Waals surface area contributed by atoms with E-state index in [9.17, 15) is 0 Å². The summed E-state index contributed by atoms with van der Waals surface area (Å²) < 4.78 is 21.9. The molecule has 0 aliphatic carbocycles. The van der Waals surface area contributed by atoms with Crippen molar-refractivity contribution in [3.8, 4) is 11.5 Å². The average molecular weight is 459 g/mol. The number of rotatable bonds is 13. The number of hydrogen-bond acceptors (Lipinski definition) is 6. The molecule has 2 aromatic rings. The number of nitrogens with one attached hydrogen (secondary N) is 1. The molecule has 1 aromatic carbocycles. The third-order valence-electron chi connectivity index (χ3n) is 4.71. The molecule has 0 aliphatic heterocycles. The van der Waals surface area contributed by atoms with E-state index < -0.39 is 0 Å². The zero-order valence-corrected chi connectivity index (χ0v) is 19.9. The zero-order valence-electron chi connectivity index (χ0n) is 19.1. The SMILES string of the molecule is C=C(/C=C\C(OC)=C(/C)OC)CCNCc1ccc(OCc2ccc(Cl)nc2)c(OC)c1. The van der Waals surface area contributed by atoms with Gasteiger partial charge in [0.2, 0.25) is 0 Å². The van der Waals surface area contributed by atoms with Gasteiger partial charge in [-0.3, -0.25) is 0 Å². The fourth-order valence-corrected chi connectivity index (χ4v) is 2.89. The third kappa shape index (κ3) is 8.29. The molecule has 0 saturated heterocycles. The van der Waals surface area contributed by atoms with Crippen molar-refractivity contribution in [3.05, 3.63) is 88.6 Å². The van der Waals surface area contributed by atoms with E-state index in [-0.39, 0.29) is 0 Å². The van der Waals surface area contributed by atoms with Gasteiger partial charge in [-0.05, 0) is 49.7 Å². The first-order valence-electron chi connectivity index (χ1n) is 10.2. The second-order valence-electron chi connectivity index (χ2n) is 7.01. The number of methoxy groups -OCH3 is 3. The molecule has 32 heavy (non-hydrogen) atoms. The van der Waals surface area contributed by atoms with E-state index in [4.69, 9.17) is 30.5 Å². The highest BCUT2D eigenvalue weighted by atomic mass is 35.5. The van der Waals surface area contributed by atoms with E-state index in [1.165, 1.54) is 0 Å².